The lowest BCUT2D eigenvalue weighted by Crippen LogP contribution is -2.12. The Kier molecular flexibility index (Phi) is 1.72. The minimum atomic E-state index is 0.112. The van der Waals surface area contributed by atoms with Crippen LogP contribution in [0.3, 0.4) is 0 Å². The van der Waals surface area contributed by atoms with E-state index in [0.29, 0.717) is 0 Å². The molecule has 0 radical (unpaired) electrons. The highest BCUT2D eigenvalue weighted by molar-refractivity contribution is 5.84. The number of aromatic amines is 1. The predicted molar refractivity (Wildman–Crippen MR) is 61.3 cm³/mol. The van der Waals surface area contributed by atoms with E-state index >= 15 is 0 Å². The molecule has 3 rings (SSSR count). The Labute approximate surface area is 87.9 Å². The summed E-state index contributed by atoms with van der Waals surface area (Å²) in [5.74, 6) is 0. The highest BCUT2D eigenvalue weighted by Gasteiger charge is 2.17. The van der Waals surface area contributed by atoms with Crippen molar-refractivity contribution >= 4 is 10.9 Å². The number of benzene rings is 1. The Hall–Kier alpha value is -1.57. The molecule has 15 heavy (non-hydrogen) atoms. The minimum absolute atomic E-state index is 0.112. The van der Waals surface area contributed by atoms with Crippen LogP contribution in [-0.2, 0) is 12.8 Å². The van der Waals surface area contributed by atoms with E-state index in [1.807, 2.05) is 6.92 Å². The molecule has 1 N–H and O–H groups in total. The van der Waals surface area contributed by atoms with Crippen molar-refractivity contribution in [3.63, 3.8) is 0 Å². The molecule has 76 valence electrons. The number of nitrogens with one attached hydrogen (secondary N) is 1. The van der Waals surface area contributed by atoms with Crippen LogP contribution in [0.25, 0.3) is 10.9 Å². The molecule has 1 aromatic heterocycles. The monoisotopic (exact) mass is 199 g/mol. The fourth-order valence-corrected chi connectivity index (χ4v) is 2.51. The summed E-state index contributed by atoms with van der Waals surface area (Å²) in [7, 11) is 0. The first-order valence-electron chi connectivity index (χ1n) is 5.40. The van der Waals surface area contributed by atoms with Crippen molar-refractivity contribution in [1.82, 2.24) is 4.98 Å². The van der Waals surface area contributed by atoms with E-state index < -0.39 is 0 Å². The predicted octanol–water partition coefficient (Wildman–Crippen LogP) is 2.33. The van der Waals surface area contributed by atoms with Crippen LogP contribution in [0.1, 0.15) is 23.1 Å². The van der Waals surface area contributed by atoms with Crippen molar-refractivity contribution in [1.29, 1.82) is 0 Å². The zero-order valence-corrected chi connectivity index (χ0v) is 8.76. The van der Waals surface area contributed by atoms with Gasteiger partial charge in [0.05, 0.1) is 0 Å². The van der Waals surface area contributed by atoms with Gasteiger partial charge < -0.3 is 4.98 Å². The second kappa shape index (κ2) is 2.96. The molecule has 2 nitrogen and oxygen atoms in total. The molecule has 0 spiro atoms. The van der Waals surface area contributed by atoms with Gasteiger partial charge in [-0.3, -0.25) is 4.79 Å². The fraction of sp³-hybridized carbons (Fsp3) is 0.308. The van der Waals surface area contributed by atoms with Crippen molar-refractivity contribution in [2.24, 2.45) is 0 Å². The molecule has 1 heterocycles. The molecule has 1 aliphatic carbocycles. The van der Waals surface area contributed by atoms with Gasteiger partial charge in [-0.1, -0.05) is 12.1 Å². The molecule has 1 aromatic carbocycles. The third kappa shape index (κ3) is 1.21. The maximum atomic E-state index is 11.8. The van der Waals surface area contributed by atoms with Crippen LogP contribution in [0.4, 0.5) is 0 Å². The molecule has 1 aliphatic rings. The summed E-state index contributed by atoms with van der Waals surface area (Å²) in [5, 5.41) is 1.23. The Morgan fingerprint density at radius 2 is 2.00 bits per heavy atom. The summed E-state index contributed by atoms with van der Waals surface area (Å²) in [6.07, 6.45) is 3.11. The van der Waals surface area contributed by atoms with Crippen LogP contribution in [0.5, 0.6) is 0 Å². The Balaban J connectivity index is 2.48. The lowest BCUT2D eigenvalue weighted by atomic mass is 10.0. The van der Waals surface area contributed by atoms with Gasteiger partial charge in [-0.15, -0.1) is 0 Å². The number of hydrogen-bond acceptors (Lipinski definition) is 1. The van der Waals surface area contributed by atoms with Crippen LogP contribution in [0, 0.1) is 6.92 Å². The molecule has 0 bridgehead atoms. The summed E-state index contributed by atoms with van der Waals surface area (Å²) < 4.78 is 0. The smallest absolute Gasteiger partial charge is 0.251 e. The lowest BCUT2D eigenvalue weighted by Gasteiger charge is -2.05. The highest BCUT2D eigenvalue weighted by atomic mass is 16.1. The van der Waals surface area contributed by atoms with Crippen LogP contribution < -0.4 is 5.56 Å². The largest absolute Gasteiger partial charge is 0.322 e. The van der Waals surface area contributed by atoms with Crippen LogP contribution in [0.15, 0.2) is 23.0 Å². The van der Waals surface area contributed by atoms with Gasteiger partial charge >= 0.3 is 0 Å². The Bertz CT molecular complexity index is 595. The maximum absolute atomic E-state index is 11.8. The lowest BCUT2D eigenvalue weighted by molar-refractivity contribution is 0.909. The average molecular weight is 199 g/mol. The summed E-state index contributed by atoms with van der Waals surface area (Å²) >= 11 is 0. The van der Waals surface area contributed by atoms with E-state index in [9.17, 15) is 4.79 Å². The molecule has 0 unspecified atom stereocenters. The van der Waals surface area contributed by atoms with E-state index in [-0.39, 0.29) is 5.56 Å². The first-order valence-corrected chi connectivity index (χ1v) is 5.40. The zero-order chi connectivity index (χ0) is 10.4. The summed E-state index contributed by atoms with van der Waals surface area (Å²) in [5.41, 5.74) is 4.57. The van der Waals surface area contributed by atoms with Gasteiger partial charge in [-0.05, 0) is 43.4 Å². The Morgan fingerprint density at radius 3 is 2.87 bits per heavy atom. The van der Waals surface area contributed by atoms with Crippen molar-refractivity contribution in [2.45, 2.75) is 26.2 Å². The number of H-pyrrole nitrogens is 1. The molecular formula is C13H13NO. The normalized spacial score (nSPS) is 14.5. The highest BCUT2D eigenvalue weighted by Crippen LogP contribution is 2.26. The number of pyridine rings is 1. The molecule has 0 fully saturated rings. The second-order valence-corrected chi connectivity index (χ2v) is 4.31. The molecule has 2 heteroatoms. The molecule has 0 saturated heterocycles. The van der Waals surface area contributed by atoms with Crippen LogP contribution in [-0.4, -0.2) is 4.98 Å². The number of aromatic nitrogens is 1. The molecule has 0 atom stereocenters. The molecule has 0 aliphatic heterocycles. The molecular weight excluding hydrogens is 186 g/mol. The zero-order valence-electron chi connectivity index (χ0n) is 8.76. The minimum Gasteiger partial charge on any atom is -0.322 e. The fourth-order valence-electron chi connectivity index (χ4n) is 2.51. The summed E-state index contributed by atoms with van der Waals surface area (Å²) in [6.45, 7) is 2.05. The van der Waals surface area contributed by atoms with Gasteiger partial charge in [0, 0.05) is 16.5 Å². The van der Waals surface area contributed by atoms with Crippen molar-refractivity contribution in [3.8, 4) is 0 Å². The van der Waals surface area contributed by atoms with Gasteiger partial charge in [0.1, 0.15) is 0 Å². The topological polar surface area (TPSA) is 32.9 Å². The van der Waals surface area contributed by atoms with Gasteiger partial charge in [-0.2, -0.15) is 0 Å². The first-order chi connectivity index (χ1) is 7.25. The third-order valence-electron chi connectivity index (χ3n) is 3.24. The quantitative estimate of drug-likeness (QED) is 0.694. The van der Waals surface area contributed by atoms with Crippen molar-refractivity contribution in [3.05, 3.63) is 45.2 Å². The SMILES string of the molecule is Cc1ccc2c3c(c(=O)[nH]c2c1)CCC3. The van der Waals surface area contributed by atoms with E-state index in [1.54, 1.807) is 0 Å². The molecule has 0 saturated carbocycles. The molecule has 0 amide bonds. The van der Waals surface area contributed by atoms with E-state index in [4.69, 9.17) is 0 Å². The Morgan fingerprint density at radius 1 is 1.20 bits per heavy atom. The van der Waals surface area contributed by atoms with E-state index in [1.165, 1.54) is 16.5 Å². The summed E-state index contributed by atoms with van der Waals surface area (Å²) in [6, 6.07) is 6.29. The number of aryl methyl sites for hydroxylation is 2. The maximum Gasteiger partial charge on any atom is 0.251 e. The van der Waals surface area contributed by atoms with Crippen LogP contribution in [0.2, 0.25) is 0 Å². The van der Waals surface area contributed by atoms with Gasteiger partial charge in [-0.25, -0.2) is 0 Å². The van der Waals surface area contributed by atoms with E-state index in [0.717, 1.165) is 30.3 Å². The number of rotatable bonds is 0. The first kappa shape index (κ1) is 8.72. The standard InChI is InChI=1S/C13H13NO/c1-8-5-6-10-9-3-2-4-11(9)13(15)14-12(10)7-8/h5-7H,2-4H2,1H3,(H,14,15). The molecule has 2 aromatic rings. The van der Waals surface area contributed by atoms with Crippen molar-refractivity contribution in [2.75, 3.05) is 0 Å². The second-order valence-electron chi connectivity index (χ2n) is 4.31. The average Bonchev–Trinajstić information content (AvgIpc) is 2.66. The van der Waals surface area contributed by atoms with Crippen LogP contribution >= 0.6 is 0 Å². The van der Waals surface area contributed by atoms with E-state index in [2.05, 4.69) is 23.2 Å². The third-order valence-corrected chi connectivity index (χ3v) is 3.24. The number of fused-ring (bicyclic) bond motifs is 3. The van der Waals surface area contributed by atoms with Gasteiger partial charge in [0.25, 0.3) is 5.56 Å². The van der Waals surface area contributed by atoms with Crippen molar-refractivity contribution < 1.29 is 0 Å². The van der Waals surface area contributed by atoms with Gasteiger partial charge in [0.2, 0.25) is 0 Å². The number of hydrogen-bond donors (Lipinski definition) is 1. The van der Waals surface area contributed by atoms with Gasteiger partial charge in [0.15, 0.2) is 0 Å². The summed E-state index contributed by atoms with van der Waals surface area (Å²) in [4.78, 5) is 14.8.